The van der Waals surface area contributed by atoms with Crippen molar-refractivity contribution in [1.82, 2.24) is 35.3 Å². The van der Waals surface area contributed by atoms with Gasteiger partial charge in [0.25, 0.3) is 5.91 Å². The first kappa shape index (κ1) is 27.0. The number of nitrogens with two attached hydrogens (primary N) is 1. The molecule has 1 saturated heterocycles. The molecule has 13 nitrogen and oxygen atoms in total. The van der Waals surface area contributed by atoms with Crippen LogP contribution in [-0.2, 0) is 11.8 Å². The quantitative estimate of drug-likeness (QED) is 0.376. The average Bonchev–Trinajstić information content (AvgIpc) is 3.34. The van der Waals surface area contributed by atoms with Gasteiger partial charge < -0.3 is 30.2 Å². The number of pyridine rings is 1. The summed E-state index contributed by atoms with van der Waals surface area (Å²) in [6, 6.07) is 3.71. The monoisotopic (exact) mass is 525 g/mol. The van der Waals surface area contributed by atoms with Gasteiger partial charge in [-0.05, 0) is 38.7 Å². The first-order valence-corrected chi connectivity index (χ1v) is 12.7. The molecular formula is C25H35N9O4. The highest BCUT2D eigenvalue weighted by atomic mass is 16.5. The van der Waals surface area contributed by atoms with E-state index in [1.165, 1.54) is 0 Å². The molecule has 1 fully saturated rings. The van der Waals surface area contributed by atoms with Crippen LogP contribution in [0.3, 0.4) is 0 Å². The van der Waals surface area contributed by atoms with Crippen LogP contribution in [0.15, 0.2) is 24.5 Å². The first-order chi connectivity index (χ1) is 18.4. The maximum atomic E-state index is 12.5. The van der Waals surface area contributed by atoms with Crippen molar-refractivity contribution < 1.29 is 19.0 Å². The van der Waals surface area contributed by atoms with E-state index in [-0.39, 0.29) is 23.7 Å². The van der Waals surface area contributed by atoms with Gasteiger partial charge in [0, 0.05) is 51.6 Å². The molecule has 0 spiro atoms. The Bertz CT molecular complexity index is 1230. The Hall–Kier alpha value is -4.00. The molecule has 0 aliphatic carbocycles. The Labute approximate surface area is 221 Å². The van der Waals surface area contributed by atoms with Crippen molar-refractivity contribution in [3.63, 3.8) is 0 Å². The zero-order valence-corrected chi connectivity index (χ0v) is 22.3. The Morgan fingerprint density at radius 1 is 1.26 bits per heavy atom. The minimum Gasteiger partial charge on any atom is -0.489 e. The molecule has 38 heavy (non-hydrogen) atoms. The number of carbonyl (C=O) groups is 1. The molecule has 0 saturated carbocycles. The highest BCUT2D eigenvalue weighted by molar-refractivity contribution is 5.93. The Morgan fingerprint density at radius 2 is 2.05 bits per heavy atom. The molecule has 3 aromatic rings. The van der Waals surface area contributed by atoms with Crippen LogP contribution in [0.25, 0.3) is 11.3 Å². The highest BCUT2D eigenvalue weighted by Crippen LogP contribution is 2.28. The number of aromatic nitrogens is 6. The van der Waals surface area contributed by atoms with Gasteiger partial charge in [0.2, 0.25) is 0 Å². The summed E-state index contributed by atoms with van der Waals surface area (Å²) in [6.45, 7) is 6.63. The molecule has 13 heteroatoms. The number of aryl methyl sites for hydroxylation is 1. The number of hydrogen-bond donors (Lipinski definition) is 2. The van der Waals surface area contributed by atoms with Gasteiger partial charge >= 0.3 is 6.01 Å². The van der Waals surface area contributed by atoms with Crippen molar-refractivity contribution in [3.05, 3.63) is 30.2 Å². The van der Waals surface area contributed by atoms with Gasteiger partial charge in [0.05, 0.1) is 19.4 Å². The molecule has 204 valence electrons. The predicted octanol–water partition coefficient (Wildman–Crippen LogP) is 1.71. The Kier molecular flexibility index (Phi) is 8.89. The maximum absolute atomic E-state index is 12.5. The van der Waals surface area contributed by atoms with Crippen LogP contribution in [0.2, 0.25) is 0 Å². The van der Waals surface area contributed by atoms with Crippen LogP contribution in [0.5, 0.6) is 11.8 Å². The topological polar surface area (TPSA) is 155 Å². The predicted molar refractivity (Wildman–Crippen MR) is 141 cm³/mol. The van der Waals surface area contributed by atoms with E-state index in [2.05, 4.69) is 35.5 Å². The smallest absolute Gasteiger partial charge is 0.319 e. The lowest BCUT2D eigenvalue weighted by Gasteiger charge is -2.33. The Morgan fingerprint density at radius 3 is 2.74 bits per heavy atom. The van der Waals surface area contributed by atoms with Crippen molar-refractivity contribution >= 4 is 17.5 Å². The molecule has 0 bridgehead atoms. The van der Waals surface area contributed by atoms with E-state index in [1.54, 1.807) is 24.1 Å². The number of nitrogens with zero attached hydrogens (tertiary/aromatic N) is 7. The molecule has 0 radical (unpaired) electrons. The van der Waals surface area contributed by atoms with E-state index in [4.69, 9.17) is 19.9 Å². The third kappa shape index (κ3) is 6.85. The maximum Gasteiger partial charge on any atom is 0.319 e. The molecule has 1 atom stereocenters. The average molecular weight is 526 g/mol. The molecular weight excluding hydrogens is 490 g/mol. The molecule has 1 aliphatic heterocycles. The highest BCUT2D eigenvalue weighted by Gasteiger charge is 2.24. The second kappa shape index (κ2) is 12.5. The minimum absolute atomic E-state index is 0.157. The standard InChI is InChI=1S/C25H35N9O4/c1-5-27-24(35)19-11-22(30-25(29-19)38-16(2)14-36-4)34-8-6-17(7-9-34)15-37-21-10-18(12-28-23(21)26)20-13-33(3)32-31-20/h10-13,16-17H,5-9,14-15H2,1-4H3,(H2,26,28)(H,27,35)/t16-/m1/s1. The number of rotatable bonds is 11. The van der Waals surface area contributed by atoms with E-state index in [0.29, 0.717) is 48.8 Å². The number of nitrogen functional groups attached to an aromatic ring is 1. The second-order valence-electron chi connectivity index (χ2n) is 9.26. The van der Waals surface area contributed by atoms with E-state index in [0.717, 1.165) is 31.5 Å². The summed E-state index contributed by atoms with van der Waals surface area (Å²) >= 11 is 0. The number of methoxy groups -OCH3 is 1. The molecule has 3 aromatic heterocycles. The lowest BCUT2D eigenvalue weighted by atomic mass is 9.98. The van der Waals surface area contributed by atoms with Crippen LogP contribution in [0.1, 0.15) is 37.2 Å². The first-order valence-electron chi connectivity index (χ1n) is 12.7. The summed E-state index contributed by atoms with van der Waals surface area (Å²) in [5, 5.41) is 10.9. The number of carbonyl (C=O) groups excluding carboxylic acids is 1. The van der Waals surface area contributed by atoms with E-state index in [9.17, 15) is 4.79 Å². The third-order valence-corrected chi connectivity index (χ3v) is 6.16. The minimum atomic E-state index is -0.265. The summed E-state index contributed by atoms with van der Waals surface area (Å²) < 4.78 is 18.7. The van der Waals surface area contributed by atoms with Crippen molar-refractivity contribution in [3.8, 4) is 23.0 Å². The Balaban J connectivity index is 1.39. The molecule has 1 amide bonds. The van der Waals surface area contributed by atoms with Gasteiger partial charge in [-0.1, -0.05) is 5.21 Å². The number of ether oxygens (including phenoxy) is 3. The summed E-state index contributed by atoms with van der Waals surface area (Å²) in [7, 11) is 3.41. The number of nitrogens with one attached hydrogen (secondary N) is 1. The number of anilines is 2. The molecule has 4 heterocycles. The molecule has 4 rings (SSSR count). The van der Waals surface area contributed by atoms with Gasteiger partial charge in [-0.3, -0.25) is 9.48 Å². The zero-order chi connectivity index (χ0) is 27.1. The van der Waals surface area contributed by atoms with Gasteiger partial charge in [0.1, 0.15) is 23.3 Å². The van der Waals surface area contributed by atoms with E-state index < -0.39 is 0 Å². The number of piperidine rings is 1. The van der Waals surface area contributed by atoms with Crippen molar-refractivity contribution in [1.29, 1.82) is 0 Å². The third-order valence-electron chi connectivity index (χ3n) is 6.16. The normalized spacial score (nSPS) is 14.8. The summed E-state index contributed by atoms with van der Waals surface area (Å²) in [5.41, 5.74) is 7.83. The van der Waals surface area contributed by atoms with Crippen LogP contribution >= 0.6 is 0 Å². The van der Waals surface area contributed by atoms with Crippen LogP contribution in [0, 0.1) is 5.92 Å². The molecule has 0 unspecified atom stereocenters. The second-order valence-corrected chi connectivity index (χ2v) is 9.26. The van der Waals surface area contributed by atoms with Gasteiger partial charge in [-0.25, -0.2) is 4.98 Å². The largest absolute Gasteiger partial charge is 0.489 e. The number of amides is 1. The van der Waals surface area contributed by atoms with Gasteiger partial charge in [-0.15, -0.1) is 5.10 Å². The van der Waals surface area contributed by atoms with E-state index in [1.807, 2.05) is 33.2 Å². The fraction of sp³-hybridized carbons (Fsp3) is 0.520. The molecule has 1 aliphatic rings. The van der Waals surface area contributed by atoms with Crippen LogP contribution in [0.4, 0.5) is 11.6 Å². The molecule has 3 N–H and O–H groups in total. The van der Waals surface area contributed by atoms with Crippen molar-refractivity contribution in [2.24, 2.45) is 13.0 Å². The van der Waals surface area contributed by atoms with Crippen LogP contribution < -0.4 is 25.4 Å². The van der Waals surface area contributed by atoms with Crippen molar-refractivity contribution in [2.45, 2.75) is 32.8 Å². The lowest BCUT2D eigenvalue weighted by molar-refractivity contribution is 0.0843. The van der Waals surface area contributed by atoms with Gasteiger partial charge in [-0.2, -0.15) is 9.97 Å². The lowest BCUT2D eigenvalue weighted by Crippen LogP contribution is -2.36. The van der Waals surface area contributed by atoms with Crippen molar-refractivity contribution in [2.75, 3.05) is 50.6 Å². The molecule has 0 aromatic carbocycles. The van der Waals surface area contributed by atoms with E-state index >= 15 is 0 Å². The zero-order valence-electron chi connectivity index (χ0n) is 22.3. The SMILES string of the molecule is CCNC(=O)c1cc(N2CCC(COc3cc(-c4cn(C)nn4)cnc3N)CC2)nc(O[C@H](C)COC)n1. The summed E-state index contributed by atoms with van der Waals surface area (Å²) in [5.74, 6) is 1.59. The fourth-order valence-electron chi connectivity index (χ4n) is 4.17. The summed E-state index contributed by atoms with van der Waals surface area (Å²) in [6.07, 6.45) is 4.98. The fourth-order valence-corrected chi connectivity index (χ4v) is 4.17. The summed E-state index contributed by atoms with van der Waals surface area (Å²) in [4.78, 5) is 27.8. The van der Waals surface area contributed by atoms with Crippen LogP contribution in [-0.4, -0.2) is 81.9 Å². The number of hydrogen-bond acceptors (Lipinski definition) is 11. The van der Waals surface area contributed by atoms with Gasteiger partial charge in [0.15, 0.2) is 11.6 Å².